The van der Waals surface area contributed by atoms with Crippen LogP contribution < -0.4 is 10.6 Å². The molecule has 0 bridgehead atoms. The molecule has 0 radical (unpaired) electrons. The van der Waals surface area contributed by atoms with E-state index in [-0.39, 0.29) is 30.2 Å². The Hall–Kier alpha value is -2.49. The molecule has 2 unspecified atom stereocenters. The average Bonchev–Trinajstić information content (AvgIpc) is 2.75. The molecule has 3 rings (SSSR count). The zero-order valence-corrected chi connectivity index (χ0v) is 23.2. The molecule has 1 saturated heterocycles. The number of ether oxygens (including phenoxy) is 1. The van der Waals surface area contributed by atoms with Gasteiger partial charge in [-0.05, 0) is 52.3 Å². The smallest absolute Gasteiger partial charge is 0.338 e. The third-order valence-corrected chi connectivity index (χ3v) is 6.74. The van der Waals surface area contributed by atoms with E-state index in [2.05, 4.69) is 15.5 Å². The molecular formula is C25H35Cl2N5O4. The molecular weight excluding hydrogens is 505 g/mol. The van der Waals surface area contributed by atoms with Gasteiger partial charge in [0.1, 0.15) is 0 Å². The molecule has 9 nitrogen and oxygen atoms in total. The monoisotopic (exact) mass is 539 g/mol. The lowest BCUT2D eigenvalue weighted by Gasteiger charge is -2.43. The van der Waals surface area contributed by atoms with Gasteiger partial charge < -0.3 is 20.3 Å². The van der Waals surface area contributed by atoms with E-state index in [1.165, 1.54) is 4.90 Å². The van der Waals surface area contributed by atoms with Crippen LogP contribution in [0.15, 0.2) is 29.5 Å². The molecule has 198 valence electrons. The fraction of sp³-hybridized carbons (Fsp3) is 0.560. The second-order valence-corrected chi connectivity index (χ2v) is 11.0. The first-order chi connectivity index (χ1) is 16.8. The van der Waals surface area contributed by atoms with Crippen molar-refractivity contribution in [1.82, 2.24) is 25.3 Å². The number of likely N-dealkylation sites (N-methyl/N-ethyl adjacent to an activating group) is 1. The maximum absolute atomic E-state index is 13.2. The highest BCUT2D eigenvalue weighted by molar-refractivity contribution is 6.35. The summed E-state index contributed by atoms with van der Waals surface area (Å²) >= 11 is 12.5. The Morgan fingerprint density at radius 2 is 1.92 bits per heavy atom. The maximum Gasteiger partial charge on any atom is 0.338 e. The summed E-state index contributed by atoms with van der Waals surface area (Å²) in [6.45, 7) is 11.8. The Bertz CT molecular complexity index is 1060. The van der Waals surface area contributed by atoms with Gasteiger partial charge in [0.2, 0.25) is 0 Å². The van der Waals surface area contributed by atoms with Crippen molar-refractivity contribution in [3.8, 4) is 0 Å². The summed E-state index contributed by atoms with van der Waals surface area (Å²) in [5.41, 5.74) is 1.08. The van der Waals surface area contributed by atoms with Gasteiger partial charge in [0.25, 0.3) is 0 Å². The van der Waals surface area contributed by atoms with E-state index in [0.717, 1.165) is 0 Å². The van der Waals surface area contributed by atoms with Crippen molar-refractivity contribution in [3.63, 3.8) is 0 Å². The lowest BCUT2D eigenvalue weighted by molar-refractivity contribution is -0.139. The van der Waals surface area contributed by atoms with Gasteiger partial charge in [-0.2, -0.15) is 0 Å². The van der Waals surface area contributed by atoms with Crippen LogP contribution in [0.1, 0.15) is 46.2 Å². The summed E-state index contributed by atoms with van der Waals surface area (Å²) in [6.07, 6.45) is 0. The topological polar surface area (TPSA) is 94.2 Å². The molecule has 2 aliphatic heterocycles. The Labute approximate surface area is 222 Å². The van der Waals surface area contributed by atoms with Crippen molar-refractivity contribution in [2.45, 2.75) is 52.2 Å². The molecule has 2 heterocycles. The number of carbonyl (C=O) groups excluding carboxylic acids is 3. The van der Waals surface area contributed by atoms with Crippen LogP contribution in [0.5, 0.6) is 0 Å². The van der Waals surface area contributed by atoms with Crippen LogP contribution in [-0.2, 0) is 9.53 Å². The van der Waals surface area contributed by atoms with Crippen LogP contribution in [-0.4, -0.2) is 84.1 Å². The van der Waals surface area contributed by atoms with E-state index in [4.69, 9.17) is 27.9 Å². The zero-order valence-electron chi connectivity index (χ0n) is 21.7. The van der Waals surface area contributed by atoms with Crippen molar-refractivity contribution in [3.05, 3.63) is 45.1 Å². The molecule has 11 heteroatoms. The average molecular weight is 540 g/mol. The van der Waals surface area contributed by atoms with Crippen molar-refractivity contribution in [2.75, 3.05) is 39.8 Å². The Morgan fingerprint density at radius 1 is 1.22 bits per heavy atom. The molecule has 36 heavy (non-hydrogen) atoms. The molecule has 2 aliphatic rings. The van der Waals surface area contributed by atoms with Crippen LogP contribution in [0, 0.1) is 0 Å². The number of halogens is 2. The third-order valence-electron chi connectivity index (χ3n) is 6.17. The number of benzene rings is 1. The van der Waals surface area contributed by atoms with Crippen molar-refractivity contribution >= 4 is 41.2 Å². The molecule has 1 fully saturated rings. The Balaban J connectivity index is 1.92. The van der Waals surface area contributed by atoms with Crippen LogP contribution in [0.25, 0.3) is 0 Å². The number of nitrogens with zero attached hydrogens (tertiary/aromatic N) is 3. The molecule has 0 saturated carbocycles. The summed E-state index contributed by atoms with van der Waals surface area (Å²) in [7, 11) is 1.63. The third kappa shape index (κ3) is 6.44. The standard InChI is InChI=1S/C25H35Cl2N5O4/c1-7-36-22(33)20-19(14-31-10-11-32(15(2)13-31)24(35)29-25(3,4)5)30(6)23(34)28-21(20)17-9-8-16(26)12-18(17)27/h8-9,12,15,21H,7,10-11,13-14H2,1-6H3,(H,28,34)(H,29,35). The second kappa shape index (κ2) is 11.3. The molecule has 1 aromatic rings. The summed E-state index contributed by atoms with van der Waals surface area (Å²) in [4.78, 5) is 44.3. The van der Waals surface area contributed by atoms with E-state index in [0.29, 0.717) is 53.1 Å². The predicted octanol–water partition coefficient (Wildman–Crippen LogP) is 4.02. The number of carbonyl (C=O) groups is 3. The zero-order chi connectivity index (χ0) is 26.8. The van der Waals surface area contributed by atoms with Gasteiger partial charge in [-0.25, -0.2) is 14.4 Å². The van der Waals surface area contributed by atoms with Gasteiger partial charge in [-0.15, -0.1) is 0 Å². The van der Waals surface area contributed by atoms with Crippen LogP contribution in [0.2, 0.25) is 10.0 Å². The molecule has 2 N–H and O–H groups in total. The SMILES string of the molecule is CCOC(=O)C1=C(CN2CCN(C(=O)NC(C)(C)C)C(C)C2)N(C)C(=O)NC1c1ccc(Cl)cc1Cl. The number of rotatable bonds is 5. The molecule has 0 aliphatic carbocycles. The van der Waals surface area contributed by atoms with Gasteiger partial charge in [0.15, 0.2) is 0 Å². The second-order valence-electron chi connectivity index (χ2n) is 10.1. The maximum atomic E-state index is 13.2. The van der Waals surface area contributed by atoms with Crippen molar-refractivity contribution in [2.24, 2.45) is 0 Å². The first-order valence-electron chi connectivity index (χ1n) is 12.0. The highest BCUT2D eigenvalue weighted by Gasteiger charge is 2.39. The number of piperazine rings is 1. The minimum Gasteiger partial charge on any atom is -0.463 e. The van der Waals surface area contributed by atoms with Gasteiger partial charge in [-0.3, -0.25) is 9.80 Å². The van der Waals surface area contributed by atoms with Gasteiger partial charge in [0, 0.05) is 60.5 Å². The highest BCUT2D eigenvalue weighted by atomic mass is 35.5. The van der Waals surface area contributed by atoms with E-state index in [1.807, 2.05) is 32.6 Å². The molecule has 0 aromatic heterocycles. The number of nitrogens with one attached hydrogen (secondary N) is 2. The fourth-order valence-corrected chi connectivity index (χ4v) is 4.97. The van der Waals surface area contributed by atoms with E-state index in [9.17, 15) is 14.4 Å². The predicted molar refractivity (Wildman–Crippen MR) is 140 cm³/mol. The summed E-state index contributed by atoms with van der Waals surface area (Å²) in [6, 6.07) is 3.64. The molecule has 2 atom stereocenters. The summed E-state index contributed by atoms with van der Waals surface area (Å²) in [5, 5.41) is 6.68. The van der Waals surface area contributed by atoms with E-state index in [1.54, 1.807) is 32.2 Å². The largest absolute Gasteiger partial charge is 0.463 e. The Kier molecular flexibility index (Phi) is 8.80. The van der Waals surface area contributed by atoms with Crippen molar-refractivity contribution in [1.29, 1.82) is 0 Å². The number of hydrogen-bond acceptors (Lipinski definition) is 5. The summed E-state index contributed by atoms with van der Waals surface area (Å²) in [5.74, 6) is -0.522. The first kappa shape index (κ1) is 28.1. The quantitative estimate of drug-likeness (QED) is 0.551. The van der Waals surface area contributed by atoms with Crippen LogP contribution in [0.3, 0.4) is 0 Å². The summed E-state index contributed by atoms with van der Waals surface area (Å²) < 4.78 is 5.39. The van der Waals surface area contributed by atoms with Gasteiger partial charge in [0.05, 0.1) is 18.2 Å². The minimum absolute atomic E-state index is 0.0584. The molecule has 1 aromatic carbocycles. The van der Waals surface area contributed by atoms with Gasteiger partial charge in [-0.1, -0.05) is 29.3 Å². The molecule has 0 spiro atoms. The highest BCUT2D eigenvalue weighted by Crippen LogP contribution is 2.36. The lowest BCUT2D eigenvalue weighted by Crippen LogP contribution is -2.59. The van der Waals surface area contributed by atoms with Crippen LogP contribution >= 0.6 is 23.2 Å². The first-order valence-corrected chi connectivity index (χ1v) is 12.8. The fourth-order valence-electron chi connectivity index (χ4n) is 4.45. The molecule has 4 amide bonds. The van der Waals surface area contributed by atoms with E-state index >= 15 is 0 Å². The Morgan fingerprint density at radius 3 is 2.50 bits per heavy atom. The number of urea groups is 2. The number of esters is 1. The number of hydrogen-bond donors (Lipinski definition) is 2. The van der Waals surface area contributed by atoms with Gasteiger partial charge >= 0.3 is 18.0 Å². The van der Waals surface area contributed by atoms with Crippen molar-refractivity contribution < 1.29 is 19.1 Å². The lowest BCUT2D eigenvalue weighted by atomic mass is 9.94. The van der Waals surface area contributed by atoms with E-state index < -0.39 is 12.0 Å². The van der Waals surface area contributed by atoms with Crippen LogP contribution in [0.4, 0.5) is 9.59 Å². The normalized spacial score (nSPS) is 21.4. The number of amides is 4. The minimum atomic E-state index is -0.788.